The monoisotopic (exact) mass is 400 g/mol. The van der Waals surface area contributed by atoms with E-state index in [1.807, 2.05) is 18.2 Å². The third kappa shape index (κ3) is 6.35. The summed E-state index contributed by atoms with van der Waals surface area (Å²) < 4.78 is 13.6. The molecule has 150 valence electrons. The summed E-state index contributed by atoms with van der Waals surface area (Å²) in [5.41, 5.74) is 2.65. The first-order valence-electron chi connectivity index (χ1n) is 10.0. The number of rotatable bonds is 8. The van der Waals surface area contributed by atoms with Gasteiger partial charge in [0.2, 0.25) is 0 Å². The minimum Gasteiger partial charge on any atom is -0.351 e. The Morgan fingerprint density at radius 3 is 2.75 bits per heavy atom. The average Bonchev–Trinajstić information content (AvgIpc) is 2.69. The van der Waals surface area contributed by atoms with Gasteiger partial charge in [-0.15, -0.1) is 0 Å². The van der Waals surface area contributed by atoms with Crippen LogP contribution < -0.4 is 5.32 Å². The second-order valence-corrected chi connectivity index (χ2v) is 8.68. The van der Waals surface area contributed by atoms with Crippen molar-refractivity contribution in [2.24, 2.45) is 5.92 Å². The van der Waals surface area contributed by atoms with Crippen molar-refractivity contribution in [3.8, 4) is 0 Å². The zero-order chi connectivity index (χ0) is 19.8. The van der Waals surface area contributed by atoms with E-state index in [0.717, 1.165) is 31.3 Å². The Labute approximate surface area is 171 Å². The van der Waals surface area contributed by atoms with E-state index in [0.29, 0.717) is 23.4 Å². The molecule has 2 aromatic rings. The number of carbonyl (C=O) groups is 1. The molecular weight excluding hydrogens is 371 g/mol. The van der Waals surface area contributed by atoms with Gasteiger partial charge in [0.05, 0.1) is 0 Å². The number of halogens is 1. The van der Waals surface area contributed by atoms with E-state index in [9.17, 15) is 9.18 Å². The smallest absolute Gasteiger partial charge is 0.251 e. The van der Waals surface area contributed by atoms with Gasteiger partial charge >= 0.3 is 0 Å². The number of hydrogen-bond acceptors (Lipinski definition) is 3. The maximum atomic E-state index is 13.6. The molecule has 0 radical (unpaired) electrons. The van der Waals surface area contributed by atoms with Crippen LogP contribution in [0, 0.1) is 11.7 Å². The van der Waals surface area contributed by atoms with Crippen molar-refractivity contribution >= 4 is 17.7 Å². The lowest BCUT2D eigenvalue weighted by molar-refractivity contribution is 0.0956. The zero-order valence-electron chi connectivity index (χ0n) is 16.5. The molecule has 3 nitrogen and oxygen atoms in total. The highest BCUT2D eigenvalue weighted by Gasteiger charge is 2.16. The van der Waals surface area contributed by atoms with Crippen molar-refractivity contribution < 1.29 is 9.18 Å². The fourth-order valence-electron chi connectivity index (χ4n) is 3.59. The van der Waals surface area contributed by atoms with Gasteiger partial charge in [-0.25, -0.2) is 4.39 Å². The topological polar surface area (TPSA) is 32.3 Å². The van der Waals surface area contributed by atoms with E-state index in [1.165, 1.54) is 24.5 Å². The minimum absolute atomic E-state index is 0.0513. The van der Waals surface area contributed by atoms with E-state index in [4.69, 9.17) is 0 Å². The number of likely N-dealkylation sites (tertiary alicyclic amines) is 1. The highest BCUT2D eigenvalue weighted by atomic mass is 32.2. The van der Waals surface area contributed by atoms with Gasteiger partial charge in [-0.2, -0.15) is 11.8 Å². The van der Waals surface area contributed by atoms with E-state index in [1.54, 1.807) is 23.9 Å². The lowest BCUT2D eigenvalue weighted by Crippen LogP contribution is -2.33. The fraction of sp³-hybridized carbons (Fsp3) is 0.435. The molecular formula is C23H29FN2OS. The fourth-order valence-corrected chi connectivity index (χ4v) is 4.43. The first-order valence-corrected chi connectivity index (χ1v) is 11.2. The van der Waals surface area contributed by atoms with Gasteiger partial charge < -0.3 is 5.32 Å². The van der Waals surface area contributed by atoms with Gasteiger partial charge in [0.15, 0.2) is 0 Å². The molecule has 0 aromatic heterocycles. The SMILES string of the molecule is CC1CCCN(Cc2ccc(C(=O)NCCSCc3ccccc3F)cc2)C1. The predicted octanol–water partition coefficient (Wildman–Crippen LogP) is 4.72. The van der Waals surface area contributed by atoms with Crippen LogP contribution in [0.5, 0.6) is 0 Å². The molecule has 1 N–H and O–H groups in total. The van der Waals surface area contributed by atoms with E-state index in [-0.39, 0.29) is 11.7 Å². The zero-order valence-corrected chi connectivity index (χ0v) is 17.3. The van der Waals surface area contributed by atoms with Crippen molar-refractivity contribution in [2.45, 2.75) is 32.1 Å². The van der Waals surface area contributed by atoms with Crippen LogP contribution in [0.3, 0.4) is 0 Å². The van der Waals surface area contributed by atoms with Gasteiger partial charge in [0.1, 0.15) is 5.82 Å². The van der Waals surface area contributed by atoms with Gasteiger partial charge in [-0.1, -0.05) is 37.3 Å². The summed E-state index contributed by atoms with van der Waals surface area (Å²) in [5, 5.41) is 2.94. The highest BCUT2D eigenvalue weighted by Crippen LogP contribution is 2.18. The average molecular weight is 401 g/mol. The second kappa shape index (κ2) is 10.6. The molecule has 0 bridgehead atoms. The Balaban J connectivity index is 1.38. The molecule has 5 heteroatoms. The van der Waals surface area contributed by atoms with E-state index >= 15 is 0 Å². The molecule has 3 rings (SSSR count). The molecule has 1 aliphatic heterocycles. The molecule has 0 spiro atoms. The van der Waals surface area contributed by atoms with Crippen molar-refractivity contribution in [1.82, 2.24) is 10.2 Å². The quantitative estimate of drug-likeness (QED) is 0.651. The lowest BCUT2D eigenvalue weighted by Gasteiger charge is -2.30. The van der Waals surface area contributed by atoms with Crippen LogP contribution in [-0.2, 0) is 12.3 Å². The number of amides is 1. The summed E-state index contributed by atoms with van der Waals surface area (Å²) in [6.45, 7) is 6.17. The summed E-state index contributed by atoms with van der Waals surface area (Å²) >= 11 is 1.62. The number of carbonyl (C=O) groups excluding carboxylic acids is 1. The molecule has 0 aliphatic carbocycles. The lowest BCUT2D eigenvalue weighted by atomic mass is 9.99. The molecule has 1 fully saturated rings. The number of hydrogen-bond donors (Lipinski definition) is 1. The number of piperidine rings is 1. The van der Waals surface area contributed by atoms with Crippen LogP contribution >= 0.6 is 11.8 Å². The van der Waals surface area contributed by atoms with Crippen LogP contribution in [0.2, 0.25) is 0 Å². The molecule has 0 saturated carbocycles. The van der Waals surface area contributed by atoms with Crippen LogP contribution in [-0.4, -0.2) is 36.2 Å². The van der Waals surface area contributed by atoms with E-state index < -0.39 is 0 Å². The van der Waals surface area contributed by atoms with Crippen LogP contribution in [0.25, 0.3) is 0 Å². The molecule has 1 atom stereocenters. The summed E-state index contributed by atoms with van der Waals surface area (Å²) in [4.78, 5) is 14.8. The Bertz CT molecular complexity index is 765. The minimum atomic E-state index is -0.168. The largest absolute Gasteiger partial charge is 0.351 e. The Hall–Kier alpha value is -1.85. The summed E-state index contributed by atoms with van der Waals surface area (Å²) in [5.74, 6) is 1.93. The van der Waals surface area contributed by atoms with Gasteiger partial charge in [-0.05, 0) is 54.6 Å². The van der Waals surface area contributed by atoms with Gasteiger partial charge in [0, 0.05) is 36.7 Å². The predicted molar refractivity (Wildman–Crippen MR) is 115 cm³/mol. The molecule has 1 amide bonds. The molecule has 1 heterocycles. The standard InChI is InChI=1S/C23H29FN2OS/c1-18-5-4-13-26(15-18)16-19-8-10-20(11-9-19)23(27)25-12-14-28-17-21-6-2-3-7-22(21)24/h2-3,6-11,18H,4-5,12-17H2,1H3,(H,25,27). The Morgan fingerprint density at radius 2 is 2.00 bits per heavy atom. The van der Waals surface area contributed by atoms with Crippen LogP contribution in [0.15, 0.2) is 48.5 Å². The Morgan fingerprint density at radius 1 is 1.21 bits per heavy atom. The van der Waals surface area contributed by atoms with Crippen molar-refractivity contribution in [1.29, 1.82) is 0 Å². The molecule has 1 aliphatic rings. The number of thioether (sulfide) groups is 1. The molecule has 28 heavy (non-hydrogen) atoms. The maximum Gasteiger partial charge on any atom is 0.251 e. The van der Waals surface area contributed by atoms with Gasteiger partial charge in [-0.3, -0.25) is 9.69 Å². The Kier molecular flexibility index (Phi) is 7.92. The molecule has 2 aromatic carbocycles. The van der Waals surface area contributed by atoms with E-state index in [2.05, 4.69) is 29.3 Å². The number of nitrogens with one attached hydrogen (secondary N) is 1. The molecule has 1 unspecified atom stereocenters. The second-order valence-electron chi connectivity index (χ2n) is 7.58. The summed E-state index contributed by atoms with van der Waals surface area (Å²) in [6.07, 6.45) is 2.60. The van der Waals surface area contributed by atoms with Gasteiger partial charge in [0.25, 0.3) is 5.91 Å². The highest BCUT2D eigenvalue weighted by molar-refractivity contribution is 7.98. The summed E-state index contributed by atoms with van der Waals surface area (Å²) in [6, 6.07) is 14.7. The molecule has 1 saturated heterocycles. The normalized spacial score (nSPS) is 17.4. The first kappa shape index (κ1) is 20.9. The van der Waals surface area contributed by atoms with Crippen LogP contribution in [0.1, 0.15) is 41.3 Å². The maximum absolute atomic E-state index is 13.6. The van der Waals surface area contributed by atoms with Crippen molar-refractivity contribution in [2.75, 3.05) is 25.4 Å². The van der Waals surface area contributed by atoms with Crippen molar-refractivity contribution in [3.63, 3.8) is 0 Å². The third-order valence-corrected chi connectivity index (χ3v) is 6.12. The number of benzene rings is 2. The van der Waals surface area contributed by atoms with Crippen molar-refractivity contribution in [3.05, 3.63) is 71.0 Å². The van der Waals surface area contributed by atoms with Crippen LogP contribution in [0.4, 0.5) is 4.39 Å². The third-order valence-electron chi connectivity index (χ3n) is 5.11. The first-order chi connectivity index (χ1) is 13.6. The number of nitrogens with zero attached hydrogens (tertiary/aromatic N) is 1. The summed E-state index contributed by atoms with van der Waals surface area (Å²) in [7, 11) is 0.